The largest absolute Gasteiger partial charge is 0.504 e. The Morgan fingerprint density at radius 3 is 3.10 bits per heavy atom. The van der Waals surface area contributed by atoms with Crippen molar-refractivity contribution in [3.63, 3.8) is 0 Å². The smallest absolute Gasteiger partial charge is 0.261 e. The molecule has 1 saturated heterocycles. The number of para-hydroxylation sites is 1. The van der Waals surface area contributed by atoms with Gasteiger partial charge in [0.2, 0.25) is 5.91 Å². The summed E-state index contributed by atoms with van der Waals surface area (Å²) in [7, 11) is 0. The first-order chi connectivity index (χ1) is 10.1. The molecule has 2 heterocycles. The lowest BCUT2D eigenvalue weighted by molar-refractivity contribution is -0.129. The zero-order chi connectivity index (χ0) is 15.0. The summed E-state index contributed by atoms with van der Waals surface area (Å²) in [5.41, 5.74) is 0.140. The Morgan fingerprint density at radius 1 is 1.52 bits per heavy atom. The number of amides is 1. The lowest BCUT2D eigenvalue weighted by Crippen LogP contribution is -2.28. The van der Waals surface area contributed by atoms with Gasteiger partial charge in [0.25, 0.3) is 5.89 Å². The first-order valence-corrected chi connectivity index (χ1v) is 6.66. The summed E-state index contributed by atoms with van der Waals surface area (Å²) in [6.07, 6.45) is 1.63. The van der Waals surface area contributed by atoms with Crippen molar-refractivity contribution in [1.82, 2.24) is 15.0 Å². The molecule has 1 atom stereocenters. The Morgan fingerprint density at radius 2 is 2.33 bits per heavy atom. The highest BCUT2D eigenvalue weighted by Crippen LogP contribution is 2.34. The molecule has 1 fully saturated rings. The highest BCUT2D eigenvalue weighted by atomic mass is 19.1. The van der Waals surface area contributed by atoms with Crippen molar-refractivity contribution in [2.45, 2.75) is 25.8 Å². The number of phenols is 1. The van der Waals surface area contributed by atoms with Crippen LogP contribution < -0.4 is 0 Å². The van der Waals surface area contributed by atoms with Gasteiger partial charge in [-0.05, 0) is 25.0 Å². The van der Waals surface area contributed by atoms with Crippen LogP contribution in [0.3, 0.4) is 0 Å². The van der Waals surface area contributed by atoms with E-state index < -0.39 is 11.6 Å². The first-order valence-electron chi connectivity index (χ1n) is 6.66. The number of halogens is 1. The van der Waals surface area contributed by atoms with Gasteiger partial charge in [0, 0.05) is 13.5 Å². The third-order valence-electron chi connectivity index (χ3n) is 3.61. The van der Waals surface area contributed by atoms with Crippen LogP contribution in [0.5, 0.6) is 5.75 Å². The average Bonchev–Trinajstić information content (AvgIpc) is 3.09. The van der Waals surface area contributed by atoms with Gasteiger partial charge >= 0.3 is 0 Å². The Hall–Kier alpha value is -2.44. The zero-order valence-corrected chi connectivity index (χ0v) is 11.4. The van der Waals surface area contributed by atoms with E-state index >= 15 is 0 Å². The highest BCUT2D eigenvalue weighted by molar-refractivity contribution is 5.74. The zero-order valence-electron chi connectivity index (χ0n) is 11.4. The third-order valence-corrected chi connectivity index (χ3v) is 3.61. The van der Waals surface area contributed by atoms with Gasteiger partial charge in [-0.15, -0.1) is 0 Å². The van der Waals surface area contributed by atoms with Crippen LogP contribution in [0.1, 0.15) is 31.6 Å². The van der Waals surface area contributed by atoms with Gasteiger partial charge in [-0.25, -0.2) is 4.39 Å². The maximum Gasteiger partial charge on any atom is 0.261 e. The number of rotatable bonds is 2. The monoisotopic (exact) mass is 291 g/mol. The molecule has 1 amide bonds. The number of hydrogen-bond acceptors (Lipinski definition) is 5. The Labute approximate surface area is 120 Å². The molecule has 0 saturated carbocycles. The van der Waals surface area contributed by atoms with Crippen molar-refractivity contribution in [1.29, 1.82) is 0 Å². The van der Waals surface area contributed by atoms with Crippen LogP contribution in [0, 0.1) is 5.82 Å². The second-order valence-electron chi connectivity index (χ2n) is 4.96. The summed E-state index contributed by atoms with van der Waals surface area (Å²) < 4.78 is 18.4. The van der Waals surface area contributed by atoms with Gasteiger partial charge in [0.05, 0.1) is 11.6 Å². The van der Waals surface area contributed by atoms with Gasteiger partial charge < -0.3 is 14.5 Å². The van der Waals surface area contributed by atoms with Crippen LogP contribution in [-0.2, 0) is 4.79 Å². The van der Waals surface area contributed by atoms with E-state index in [0.29, 0.717) is 12.4 Å². The quantitative estimate of drug-likeness (QED) is 0.918. The van der Waals surface area contributed by atoms with E-state index in [4.69, 9.17) is 4.52 Å². The molecule has 110 valence electrons. The minimum atomic E-state index is -0.751. The number of aromatic nitrogens is 2. The topological polar surface area (TPSA) is 79.5 Å². The van der Waals surface area contributed by atoms with Crippen LogP contribution in [0.25, 0.3) is 11.5 Å². The van der Waals surface area contributed by atoms with Crippen LogP contribution in [0.4, 0.5) is 4.39 Å². The maximum absolute atomic E-state index is 13.3. The van der Waals surface area contributed by atoms with Gasteiger partial charge in [0.15, 0.2) is 17.4 Å². The molecule has 3 rings (SSSR count). The van der Waals surface area contributed by atoms with E-state index in [-0.39, 0.29) is 23.4 Å². The molecule has 0 aliphatic carbocycles. The van der Waals surface area contributed by atoms with Crippen molar-refractivity contribution in [3.05, 3.63) is 29.8 Å². The summed E-state index contributed by atoms with van der Waals surface area (Å²) in [5, 5.41) is 13.6. The van der Waals surface area contributed by atoms with Crippen LogP contribution in [0.15, 0.2) is 22.7 Å². The lowest BCUT2D eigenvalue weighted by Gasteiger charge is -2.19. The van der Waals surface area contributed by atoms with E-state index in [1.807, 2.05) is 0 Å². The summed E-state index contributed by atoms with van der Waals surface area (Å²) in [4.78, 5) is 17.4. The second-order valence-corrected chi connectivity index (χ2v) is 4.96. The normalized spacial score (nSPS) is 18.2. The van der Waals surface area contributed by atoms with Crippen molar-refractivity contribution in [2.24, 2.45) is 0 Å². The summed E-state index contributed by atoms with van der Waals surface area (Å²) >= 11 is 0. The molecule has 2 aromatic rings. The predicted molar refractivity (Wildman–Crippen MR) is 70.7 cm³/mol. The predicted octanol–water partition coefficient (Wildman–Crippen LogP) is 2.26. The minimum Gasteiger partial charge on any atom is -0.504 e. The molecule has 0 bridgehead atoms. The van der Waals surface area contributed by atoms with Gasteiger partial charge in [0.1, 0.15) is 0 Å². The molecule has 21 heavy (non-hydrogen) atoms. The average molecular weight is 291 g/mol. The van der Waals surface area contributed by atoms with Crippen LogP contribution >= 0.6 is 0 Å². The Kier molecular flexibility index (Phi) is 3.32. The molecule has 1 aliphatic heterocycles. The van der Waals surface area contributed by atoms with Gasteiger partial charge in [-0.1, -0.05) is 11.2 Å². The standard InChI is InChI=1S/C14H14FN3O3/c1-8(19)18-7-3-6-11(18)13-16-14(21-17-13)9-4-2-5-10(15)12(9)20/h2,4-5,11,20H,3,6-7H2,1H3. The molecule has 1 unspecified atom stereocenters. The molecule has 1 aliphatic rings. The number of phenolic OH excluding ortho intramolecular Hbond substituents is 1. The summed E-state index contributed by atoms with van der Waals surface area (Å²) in [5.74, 6) is -0.905. The molecule has 6 nitrogen and oxygen atoms in total. The van der Waals surface area contributed by atoms with E-state index in [9.17, 15) is 14.3 Å². The van der Waals surface area contributed by atoms with E-state index in [0.717, 1.165) is 18.9 Å². The van der Waals surface area contributed by atoms with E-state index in [1.165, 1.54) is 19.1 Å². The van der Waals surface area contributed by atoms with Crippen molar-refractivity contribution >= 4 is 5.91 Å². The molecule has 1 aromatic heterocycles. The van der Waals surface area contributed by atoms with Gasteiger partial charge in [-0.2, -0.15) is 4.98 Å². The van der Waals surface area contributed by atoms with E-state index in [1.54, 1.807) is 4.90 Å². The van der Waals surface area contributed by atoms with E-state index in [2.05, 4.69) is 10.1 Å². The molecule has 0 spiro atoms. The molecule has 0 radical (unpaired) electrons. The maximum atomic E-state index is 13.3. The summed E-state index contributed by atoms with van der Waals surface area (Å²) in [6, 6.07) is 3.86. The second kappa shape index (κ2) is 5.16. The Balaban J connectivity index is 1.93. The lowest BCUT2D eigenvalue weighted by atomic mass is 10.2. The number of benzene rings is 1. The third kappa shape index (κ3) is 2.35. The number of hydrogen-bond donors (Lipinski definition) is 1. The fourth-order valence-electron chi connectivity index (χ4n) is 2.58. The van der Waals surface area contributed by atoms with Crippen LogP contribution in [0.2, 0.25) is 0 Å². The number of carbonyl (C=O) groups is 1. The fourth-order valence-corrected chi connectivity index (χ4v) is 2.58. The number of aromatic hydroxyl groups is 1. The number of nitrogens with zero attached hydrogens (tertiary/aromatic N) is 3. The SMILES string of the molecule is CC(=O)N1CCCC1c1noc(-c2cccc(F)c2O)n1. The Bertz CT molecular complexity index is 686. The van der Waals surface area contributed by atoms with Crippen LogP contribution in [-0.4, -0.2) is 32.6 Å². The summed E-state index contributed by atoms with van der Waals surface area (Å²) in [6.45, 7) is 2.16. The number of carbonyl (C=O) groups excluding carboxylic acids is 1. The molecular formula is C14H14FN3O3. The fraction of sp³-hybridized carbons (Fsp3) is 0.357. The first kappa shape index (κ1) is 13.5. The molecule has 7 heteroatoms. The molecular weight excluding hydrogens is 277 g/mol. The highest BCUT2D eigenvalue weighted by Gasteiger charge is 2.32. The molecule has 1 N–H and O–H groups in total. The van der Waals surface area contributed by atoms with Crippen molar-refractivity contribution in [2.75, 3.05) is 6.54 Å². The molecule has 1 aromatic carbocycles. The van der Waals surface area contributed by atoms with Gasteiger partial charge in [-0.3, -0.25) is 4.79 Å². The van der Waals surface area contributed by atoms with Crippen molar-refractivity contribution < 1.29 is 18.8 Å². The van der Waals surface area contributed by atoms with Crippen molar-refractivity contribution in [3.8, 4) is 17.2 Å². The number of likely N-dealkylation sites (tertiary alicyclic amines) is 1. The minimum absolute atomic E-state index is 0.0393.